The van der Waals surface area contributed by atoms with Crippen molar-refractivity contribution < 1.29 is 40.2 Å². The first kappa shape index (κ1) is 63.6. The lowest BCUT2D eigenvalue weighted by Gasteiger charge is -2.11. The highest BCUT2D eigenvalue weighted by atomic mass is 32.2. The molecule has 0 fully saturated rings. The SMILES string of the molecule is CC(C)C(=O)C(C)C.CC(C)NC(=O)C(C)C.CC(C)NS(=O)(=O)C(C)C.CC(C)OC(=O)C(C)C.CC(C)S(=O)(=O)C(C)C.CC(C)S(=O)C(C)C. The summed E-state index contributed by atoms with van der Waals surface area (Å²) in [5.41, 5.74) is 0. The summed E-state index contributed by atoms with van der Waals surface area (Å²) < 4.78 is 62.4. The molecule has 324 valence electrons. The number of sulfonamides is 1. The molecule has 0 aliphatic rings. The Morgan fingerprint density at radius 3 is 0.887 bits per heavy atom. The van der Waals surface area contributed by atoms with Gasteiger partial charge in [-0.2, -0.15) is 0 Å². The predicted octanol–water partition coefficient (Wildman–Crippen LogP) is 8.12. The number of amides is 1. The molecule has 53 heavy (non-hydrogen) atoms. The first-order chi connectivity index (χ1) is 23.4. The summed E-state index contributed by atoms with van der Waals surface area (Å²) in [5, 5.41) is 2.62. The summed E-state index contributed by atoms with van der Waals surface area (Å²) in [7, 11) is -6.49. The maximum absolute atomic E-state index is 11.0. The number of nitrogens with one attached hydrogen (secondary N) is 2. The van der Waals surface area contributed by atoms with Gasteiger partial charge in [-0.15, -0.1) is 0 Å². The lowest BCUT2D eigenvalue weighted by molar-refractivity contribution is -0.151. The maximum atomic E-state index is 11.0. The molecule has 0 saturated carbocycles. The second kappa shape index (κ2) is 32.8. The molecule has 0 saturated heterocycles. The number of ether oxygens (including phenoxy) is 1. The van der Waals surface area contributed by atoms with Crippen molar-refractivity contribution in [3.63, 3.8) is 0 Å². The molecule has 11 nitrogen and oxygen atoms in total. The molecule has 0 aromatic heterocycles. The van der Waals surface area contributed by atoms with E-state index in [0.717, 1.165) is 0 Å². The summed E-state index contributed by atoms with van der Waals surface area (Å²) in [6, 6.07) is 0.257. The molecule has 0 bridgehead atoms. The van der Waals surface area contributed by atoms with Crippen molar-refractivity contribution in [2.45, 2.75) is 211 Å². The second-order valence-corrected chi connectivity index (χ2v) is 24.0. The van der Waals surface area contributed by atoms with Crippen molar-refractivity contribution in [3.05, 3.63) is 0 Å². The molecule has 0 aromatic carbocycles. The zero-order chi connectivity index (χ0) is 44.4. The monoisotopic (exact) mass is 823 g/mol. The molecule has 0 unspecified atom stereocenters. The Kier molecular flexibility index (Phi) is 39.4. The molecule has 0 heterocycles. The van der Waals surface area contributed by atoms with E-state index in [9.17, 15) is 35.4 Å². The van der Waals surface area contributed by atoms with Crippen LogP contribution < -0.4 is 10.0 Å². The minimum absolute atomic E-state index is 0.00704. The van der Waals surface area contributed by atoms with E-state index >= 15 is 0 Å². The third-order valence-corrected chi connectivity index (χ3v) is 12.7. The van der Waals surface area contributed by atoms with Gasteiger partial charge in [-0.25, -0.2) is 21.6 Å². The molecule has 1 amide bonds. The standard InChI is InChI=1S/C7H15NO.C7H14O2.C7H14O.C6H15NO2S.C6H14O2S.C6H14OS/c1-5(2)7(9)8-6(3)4;1-5(2)7(8)9-6(3)4;1-5(2)7(8)6(3)4;1-5(2)7-10(8,9)6(3)4;1-5(2)9(7,8)6(3)4;1-5(2)8(7)6(3)4/h5-6H,1-4H3,(H,8,9);5-6H,1-4H3;5-6H,1-4H3;5-7H,1-4H3;5-6H,1-4H3;5-6H,1-4H3. The van der Waals surface area contributed by atoms with Crippen molar-refractivity contribution in [1.29, 1.82) is 0 Å². The fourth-order valence-corrected chi connectivity index (χ4v) is 6.15. The predicted molar refractivity (Wildman–Crippen MR) is 229 cm³/mol. The smallest absolute Gasteiger partial charge is 0.308 e. The Hall–Kier alpha value is -1.38. The lowest BCUT2D eigenvalue weighted by atomic mass is 9.99. The quantitative estimate of drug-likeness (QED) is 0.174. The minimum atomic E-state index is -3.05. The topological polar surface area (TPSA) is 170 Å². The van der Waals surface area contributed by atoms with Crippen LogP contribution in [0, 0.1) is 23.7 Å². The number of hydrogen-bond donors (Lipinski definition) is 2. The van der Waals surface area contributed by atoms with Gasteiger partial charge in [0.1, 0.15) is 5.78 Å². The minimum Gasteiger partial charge on any atom is -0.463 e. The van der Waals surface area contributed by atoms with E-state index in [4.69, 9.17) is 4.74 Å². The average Bonchev–Trinajstić information content (AvgIpc) is 2.96. The van der Waals surface area contributed by atoms with Crippen LogP contribution in [0.25, 0.3) is 0 Å². The highest BCUT2D eigenvalue weighted by Crippen LogP contribution is 2.07. The zero-order valence-corrected chi connectivity index (χ0v) is 40.8. The van der Waals surface area contributed by atoms with Crippen LogP contribution in [0.5, 0.6) is 0 Å². The lowest BCUT2D eigenvalue weighted by Crippen LogP contribution is -2.35. The van der Waals surface area contributed by atoms with Gasteiger partial charge in [0.25, 0.3) is 0 Å². The molecule has 0 rings (SSSR count). The number of esters is 1. The Balaban J connectivity index is -0.000000125. The molecule has 0 aromatic rings. The first-order valence-corrected chi connectivity index (χ1v) is 23.5. The number of sulfone groups is 1. The van der Waals surface area contributed by atoms with E-state index in [2.05, 4.69) is 10.0 Å². The van der Waals surface area contributed by atoms with Gasteiger partial charge in [0, 0.05) is 51.1 Å². The number of Topliss-reactive ketones (excluding diaryl/α,β-unsaturated/α-hetero) is 1. The number of rotatable bonds is 13. The number of carbonyl (C=O) groups excluding carboxylic acids is 3. The zero-order valence-electron chi connectivity index (χ0n) is 38.3. The Labute approximate surface area is 331 Å². The highest BCUT2D eigenvalue weighted by Gasteiger charge is 2.20. The number of ketones is 1. The van der Waals surface area contributed by atoms with Gasteiger partial charge in [0.15, 0.2) is 9.84 Å². The molecular formula is C39H86N2O9S3. The molecule has 0 spiro atoms. The van der Waals surface area contributed by atoms with Crippen LogP contribution in [0.2, 0.25) is 0 Å². The van der Waals surface area contributed by atoms with Gasteiger partial charge in [-0.05, 0) is 83.1 Å². The van der Waals surface area contributed by atoms with E-state index in [-0.39, 0.29) is 69.5 Å². The van der Waals surface area contributed by atoms with Gasteiger partial charge in [-0.1, -0.05) is 83.1 Å². The first-order valence-electron chi connectivity index (χ1n) is 19.1. The second-order valence-electron chi connectivity index (χ2n) is 16.1. The number of hydrogen-bond acceptors (Lipinski definition) is 9. The summed E-state index contributed by atoms with van der Waals surface area (Å²) in [4.78, 5) is 32.4. The third kappa shape index (κ3) is 41.6. The van der Waals surface area contributed by atoms with Crippen LogP contribution in [0.1, 0.15) is 166 Å². The maximum Gasteiger partial charge on any atom is 0.308 e. The van der Waals surface area contributed by atoms with Crippen molar-refractivity contribution in [3.8, 4) is 0 Å². The van der Waals surface area contributed by atoms with Gasteiger partial charge in [-0.3, -0.25) is 18.6 Å². The van der Waals surface area contributed by atoms with Crippen LogP contribution in [0.3, 0.4) is 0 Å². The summed E-state index contributed by atoms with van der Waals surface area (Å²) >= 11 is 0. The van der Waals surface area contributed by atoms with Crippen LogP contribution in [0.15, 0.2) is 0 Å². The Morgan fingerprint density at radius 2 is 0.830 bits per heavy atom. The fourth-order valence-electron chi connectivity index (χ4n) is 3.04. The summed E-state index contributed by atoms with van der Waals surface area (Å²) in [6.07, 6.45) is 0.0138. The summed E-state index contributed by atoms with van der Waals surface area (Å²) in [6.45, 7) is 44.4. The molecule has 14 heteroatoms. The molecule has 0 aliphatic carbocycles. The van der Waals surface area contributed by atoms with Gasteiger partial charge in [0.2, 0.25) is 15.9 Å². The van der Waals surface area contributed by atoms with Crippen molar-refractivity contribution in [2.24, 2.45) is 23.7 Å². The highest BCUT2D eigenvalue weighted by molar-refractivity contribution is 7.92. The van der Waals surface area contributed by atoms with E-state index in [1.54, 1.807) is 55.4 Å². The largest absolute Gasteiger partial charge is 0.463 e. The molecule has 0 atom stereocenters. The van der Waals surface area contributed by atoms with E-state index in [1.807, 2.05) is 111 Å². The molecular weight excluding hydrogens is 737 g/mol. The van der Waals surface area contributed by atoms with Crippen molar-refractivity contribution in [1.82, 2.24) is 10.0 Å². The van der Waals surface area contributed by atoms with Crippen LogP contribution in [0.4, 0.5) is 0 Å². The van der Waals surface area contributed by atoms with Gasteiger partial charge >= 0.3 is 5.97 Å². The summed E-state index contributed by atoms with van der Waals surface area (Å²) in [5.74, 6) is 0.866. The molecule has 0 aliphatic heterocycles. The van der Waals surface area contributed by atoms with Gasteiger partial charge < -0.3 is 10.1 Å². The van der Waals surface area contributed by atoms with E-state index < -0.39 is 30.7 Å². The fraction of sp³-hybridized carbons (Fsp3) is 0.923. The number of carbonyl (C=O) groups is 3. The normalized spacial score (nSPS) is 11.6. The van der Waals surface area contributed by atoms with Gasteiger partial charge in [0.05, 0.1) is 27.8 Å². The van der Waals surface area contributed by atoms with Crippen LogP contribution in [-0.2, 0) is 49.8 Å². The third-order valence-electron chi connectivity index (χ3n) is 6.18. The van der Waals surface area contributed by atoms with Crippen molar-refractivity contribution in [2.75, 3.05) is 0 Å². The van der Waals surface area contributed by atoms with Crippen LogP contribution >= 0.6 is 0 Å². The molecule has 0 radical (unpaired) electrons. The van der Waals surface area contributed by atoms with Crippen molar-refractivity contribution >= 4 is 48.3 Å². The van der Waals surface area contributed by atoms with Crippen LogP contribution in [-0.4, -0.2) is 83.1 Å². The molecule has 2 N–H and O–H groups in total. The Bertz CT molecular complexity index is 1100. The van der Waals surface area contributed by atoms with E-state index in [1.165, 1.54) is 0 Å². The van der Waals surface area contributed by atoms with E-state index in [0.29, 0.717) is 16.3 Å². The average molecular weight is 823 g/mol. The Morgan fingerprint density at radius 1 is 0.491 bits per heavy atom.